The Morgan fingerprint density at radius 2 is 1.77 bits per heavy atom. The molecule has 0 aliphatic carbocycles. The summed E-state index contributed by atoms with van der Waals surface area (Å²) in [6.45, 7) is -0.711. The molecule has 1 aliphatic rings. The molecule has 1 heterocycles. The topological polar surface area (TPSA) is 119 Å². The van der Waals surface area contributed by atoms with E-state index in [-0.39, 0.29) is 11.5 Å². The van der Waals surface area contributed by atoms with Gasteiger partial charge in [0.05, 0.1) is 4.91 Å². The Morgan fingerprint density at radius 1 is 1.10 bits per heavy atom. The summed E-state index contributed by atoms with van der Waals surface area (Å²) in [6, 6.07) is 11.6. The van der Waals surface area contributed by atoms with Crippen molar-refractivity contribution < 1.29 is 28.3 Å². The van der Waals surface area contributed by atoms with E-state index in [1.54, 1.807) is 24.3 Å². The van der Waals surface area contributed by atoms with E-state index in [9.17, 15) is 23.6 Å². The van der Waals surface area contributed by atoms with Crippen molar-refractivity contribution in [2.75, 3.05) is 18.5 Å². The van der Waals surface area contributed by atoms with Crippen LogP contribution in [0.4, 0.5) is 14.9 Å². The number of primary amides is 1. The number of nitrogens with one attached hydrogen (secondary N) is 1. The monoisotopic (exact) mass is 429 g/mol. The van der Waals surface area contributed by atoms with Gasteiger partial charge in [-0.05, 0) is 59.8 Å². The Labute approximate surface area is 174 Å². The van der Waals surface area contributed by atoms with Gasteiger partial charge >= 0.3 is 0 Å². The zero-order valence-electron chi connectivity index (χ0n) is 15.5. The number of hydrogen-bond donors (Lipinski definition) is 2. The Hall–Kier alpha value is -3.66. The average Bonchev–Trinajstić information content (AvgIpc) is 2.96. The van der Waals surface area contributed by atoms with Gasteiger partial charge in [-0.1, -0.05) is 12.1 Å². The van der Waals surface area contributed by atoms with E-state index in [1.807, 2.05) is 0 Å². The van der Waals surface area contributed by atoms with Gasteiger partial charge < -0.3 is 15.8 Å². The van der Waals surface area contributed by atoms with E-state index >= 15 is 0 Å². The predicted molar refractivity (Wildman–Crippen MR) is 109 cm³/mol. The summed E-state index contributed by atoms with van der Waals surface area (Å²) >= 11 is 0.722. The molecule has 30 heavy (non-hydrogen) atoms. The van der Waals surface area contributed by atoms with Gasteiger partial charge in [0.25, 0.3) is 17.1 Å². The quantitative estimate of drug-likeness (QED) is 0.653. The fraction of sp³-hybridized carbons (Fsp3) is 0.100. The summed E-state index contributed by atoms with van der Waals surface area (Å²) < 4.78 is 18.1. The van der Waals surface area contributed by atoms with Crippen LogP contribution in [0.5, 0.6) is 5.75 Å². The van der Waals surface area contributed by atoms with Gasteiger partial charge in [0.1, 0.15) is 18.1 Å². The van der Waals surface area contributed by atoms with E-state index in [0.717, 1.165) is 16.7 Å². The zero-order chi connectivity index (χ0) is 21.7. The maximum atomic E-state index is 12.9. The number of halogens is 1. The number of amides is 4. The Morgan fingerprint density at radius 3 is 2.40 bits per heavy atom. The van der Waals surface area contributed by atoms with E-state index in [0.29, 0.717) is 17.0 Å². The molecule has 2 aromatic rings. The van der Waals surface area contributed by atoms with Crippen LogP contribution in [0.2, 0.25) is 0 Å². The van der Waals surface area contributed by atoms with Crippen LogP contribution in [0.25, 0.3) is 6.08 Å². The molecule has 0 unspecified atom stereocenters. The first-order chi connectivity index (χ1) is 14.3. The lowest BCUT2D eigenvalue weighted by Crippen LogP contribution is -2.36. The summed E-state index contributed by atoms with van der Waals surface area (Å²) in [6.07, 6.45) is 1.51. The first-order valence-corrected chi connectivity index (χ1v) is 9.45. The highest BCUT2D eigenvalue weighted by atomic mass is 32.2. The highest BCUT2D eigenvalue weighted by Gasteiger charge is 2.36. The number of hydrogen-bond acceptors (Lipinski definition) is 6. The molecule has 0 aromatic heterocycles. The molecule has 4 amide bonds. The maximum Gasteiger partial charge on any atom is 0.294 e. The maximum absolute atomic E-state index is 12.9. The number of nitrogens with zero attached hydrogens (tertiary/aromatic N) is 1. The summed E-state index contributed by atoms with van der Waals surface area (Å²) in [5, 5.41) is 1.93. The molecule has 0 spiro atoms. The lowest BCUT2D eigenvalue weighted by Gasteiger charge is -2.12. The summed E-state index contributed by atoms with van der Waals surface area (Å²) in [5.74, 6) is -1.79. The minimum Gasteiger partial charge on any atom is -0.484 e. The number of nitrogens with two attached hydrogens (primary N) is 1. The molecule has 8 nitrogen and oxygen atoms in total. The molecule has 1 saturated heterocycles. The van der Waals surface area contributed by atoms with Crippen molar-refractivity contribution in [3.05, 3.63) is 64.8 Å². The minimum atomic E-state index is -0.601. The van der Waals surface area contributed by atoms with Crippen molar-refractivity contribution in [3.63, 3.8) is 0 Å². The largest absolute Gasteiger partial charge is 0.484 e. The molecule has 0 saturated carbocycles. The van der Waals surface area contributed by atoms with Crippen molar-refractivity contribution in [1.29, 1.82) is 0 Å². The highest BCUT2D eigenvalue weighted by Crippen LogP contribution is 2.32. The van der Waals surface area contributed by atoms with Gasteiger partial charge in [0.15, 0.2) is 6.61 Å². The van der Waals surface area contributed by atoms with Crippen molar-refractivity contribution in [3.8, 4) is 5.75 Å². The molecule has 3 rings (SSSR count). The van der Waals surface area contributed by atoms with E-state index in [4.69, 9.17) is 10.5 Å². The van der Waals surface area contributed by atoms with E-state index in [1.165, 1.54) is 30.3 Å². The van der Waals surface area contributed by atoms with Crippen LogP contribution >= 0.6 is 11.8 Å². The smallest absolute Gasteiger partial charge is 0.294 e. The lowest BCUT2D eigenvalue weighted by atomic mass is 10.2. The Bertz CT molecular complexity index is 1020. The van der Waals surface area contributed by atoms with Gasteiger partial charge in [0.2, 0.25) is 5.91 Å². The second kappa shape index (κ2) is 9.23. The molecule has 10 heteroatoms. The molecular weight excluding hydrogens is 413 g/mol. The van der Waals surface area contributed by atoms with Gasteiger partial charge in [0, 0.05) is 5.69 Å². The van der Waals surface area contributed by atoms with Crippen LogP contribution in [0.15, 0.2) is 53.4 Å². The molecule has 0 atom stereocenters. The van der Waals surface area contributed by atoms with E-state index < -0.39 is 35.3 Å². The molecule has 0 bridgehead atoms. The van der Waals surface area contributed by atoms with Gasteiger partial charge in [-0.3, -0.25) is 24.1 Å². The van der Waals surface area contributed by atoms with Crippen molar-refractivity contribution >= 4 is 46.5 Å². The number of benzene rings is 2. The SMILES string of the molecule is NC(=O)COc1ccc(/C=C2\SC(=O)N(CC(=O)Nc3ccc(F)cc3)C2=O)cc1. The fourth-order valence-electron chi connectivity index (χ4n) is 2.48. The summed E-state index contributed by atoms with van der Waals surface area (Å²) in [5.41, 5.74) is 5.99. The standard InChI is InChI=1S/C20H16FN3O5S/c21-13-3-5-14(6-4-13)23-18(26)10-24-19(27)16(30-20(24)28)9-12-1-7-15(8-2-12)29-11-17(22)25/h1-9H,10-11H2,(H2,22,25)(H,23,26)/b16-9-. The molecule has 3 N–H and O–H groups in total. The van der Waals surface area contributed by atoms with Crippen LogP contribution in [0.3, 0.4) is 0 Å². The van der Waals surface area contributed by atoms with Crippen molar-refractivity contribution in [2.45, 2.75) is 0 Å². The number of imide groups is 1. The van der Waals surface area contributed by atoms with Crippen LogP contribution in [0.1, 0.15) is 5.56 Å². The van der Waals surface area contributed by atoms with E-state index in [2.05, 4.69) is 5.32 Å². The highest BCUT2D eigenvalue weighted by molar-refractivity contribution is 8.18. The number of thioether (sulfide) groups is 1. The number of anilines is 1. The second-order valence-corrected chi connectivity index (χ2v) is 7.14. The minimum absolute atomic E-state index is 0.167. The molecule has 0 radical (unpaired) electrons. The van der Waals surface area contributed by atoms with Gasteiger partial charge in [-0.15, -0.1) is 0 Å². The molecular formula is C20H16FN3O5S. The Kier molecular flexibility index (Phi) is 6.48. The lowest BCUT2D eigenvalue weighted by molar-refractivity contribution is -0.127. The summed E-state index contributed by atoms with van der Waals surface area (Å²) in [7, 11) is 0. The fourth-order valence-corrected chi connectivity index (χ4v) is 3.32. The summed E-state index contributed by atoms with van der Waals surface area (Å²) in [4.78, 5) is 48.5. The van der Waals surface area contributed by atoms with Crippen LogP contribution < -0.4 is 15.8 Å². The third-order valence-electron chi connectivity index (χ3n) is 3.86. The van der Waals surface area contributed by atoms with Crippen molar-refractivity contribution in [1.82, 2.24) is 4.90 Å². The first-order valence-electron chi connectivity index (χ1n) is 8.64. The predicted octanol–water partition coefficient (Wildman–Crippen LogP) is 2.36. The molecule has 154 valence electrons. The van der Waals surface area contributed by atoms with Crippen LogP contribution in [-0.2, 0) is 14.4 Å². The Balaban J connectivity index is 1.62. The van der Waals surface area contributed by atoms with Crippen molar-refractivity contribution in [2.24, 2.45) is 5.73 Å². The van der Waals surface area contributed by atoms with Gasteiger partial charge in [-0.25, -0.2) is 4.39 Å². The molecule has 2 aromatic carbocycles. The van der Waals surface area contributed by atoms with Gasteiger partial charge in [-0.2, -0.15) is 0 Å². The average molecular weight is 429 g/mol. The normalized spacial score (nSPS) is 14.8. The third kappa shape index (κ3) is 5.45. The number of carbonyl (C=O) groups excluding carboxylic acids is 4. The number of rotatable bonds is 7. The number of ether oxygens (including phenoxy) is 1. The first kappa shape index (κ1) is 21.1. The second-order valence-electron chi connectivity index (χ2n) is 6.15. The van der Waals surface area contributed by atoms with Crippen LogP contribution in [-0.4, -0.2) is 41.0 Å². The zero-order valence-corrected chi connectivity index (χ0v) is 16.3. The van der Waals surface area contributed by atoms with Crippen LogP contribution in [0, 0.1) is 5.82 Å². The number of carbonyl (C=O) groups is 4. The molecule has 1 aliphatic heterocycles. The molecule has 1 fully saturated rings. The third-order valence-corrected chi connectivity index (χ3v) is 4.77.